The van der Waals surface area contributed by atoms with Gasteiger partial charge in [0.15, 0.2) is 11.5 Å². The van der Waals surface area contributed by atoms with Crippen molar-refractivity contribution in [2.45, 2.75) is 32.3 Å². The highest BCUT2D eigenvalue weighted by atomic mass is 16.6. The molecule has 1 aromatic carbocycles. The lowest BCUT2D eigenvalue weighted by molar-refractivity contribution is 0.0810. The Hall–Kier alpha value is -2.50. The first-order chi connectivity index (χ1) is 11.5. The molecule has 1 amide bonds. The SMILES string of the molecule is CC(C)c1cc(C(=O)NCC[C@@H]2COc3ccccc3O2)n(C)n1. The molecule has 0 saturated heterocycles. The molecule has 1 aromatic heterocycles. The van der Waals surface area contributed by atoms with Gasteiger partial charge in [-0.25, -0.2) is 0 Å². The largest absolute Gasteiger partial charge is 0.486 e. The Morgan fingerprint density at radius 3 is 2.83 bits per heavy atom. The van der Waals surface area contributed by atoms with Crippen LogP contribution in [0.4, 0.5) is 0 Å². The van der Waals surface area contributed by atoms with Crippen molar-refractivity contribution in [1.82, 2.24) is 15.1 Å². The summed E-state index contributed by atoms with van der Waals surface area (Å²) in [6.07, 6.45) is 0.632. The molecule has 1 atom stereocenters. The summed E-state index contributed by atoms with van der Waals surface area (Å²) in [4.78, 5) is 12.3. The molecular formula is C18H23N3O3. The number of carbonyl (C=O) groups is 1. The minimum absolute atomic E-state index is 0.0574. The topological polar surface area (TPSA) is 65.4 Å². The summed E-state index contributed by atoms with van der Waals surface area (Å²) in [7, 11) is 1.79. The number of amides is 1. The molecule has 0 bridgehead atoms. The average Bonchev–Trinajstić information content (AvgIpc) is 2.97. The highest BCUT2D eigenvalue weighted by Gasteiger charge is 2.21. The maximum Gasteiger partial charge on any atom is 0.269 e. The molecule has 0 spiro atoms. The number of fused-ring (bicyclic) bond motifs is 1. The third kappa shape index (κ3) is 3.53. The first-order valence-corrected chi connectivity index (χ1v) is 8.25. The molecule has 0 radical (unpaired) electrons. The van der Waals surface area contributed by atoms with Gasteiger partial charge in [-0.15, -0.1) is 0 Å². The second-order valence-corrected chi connectivity index (χ2v) is 6.27. The number of aryl methyl sites for hydroxylation is 1. The molecule has 2 heterocycles. The van der Waals surface area contributed by atoms with E-state index >= 15 is 0 Å². The van der Waals surface area contributed by atoms with Crippen LogP contribution >= 0.6 is 0 Å². The zero-order valence-corrected chi connectivity index (χ0v) is 14.3. The Morgan fingerprint density at radius 1 is 1.38 bits per heavy atom. The number of rotatable bonds is 5. The standard InChI is InChI=1S/C18H23N3O3/c1-12(2)14-10-15(21(3)20-14)18(22)19-9-8-13-11-23-16-6-4-5-7-17(16)24-13/h4-7,10,12-13H,8-9,11H2,1-3H3,(H,19,22)/t13-/m1/s1. The van der Waals surface area contributed by atoms with E-state index in [-0.39, 0.29) is 12.0 Å². The van der Waals surface area contributed by atoms with Gasteiger partial charge in [0.1, 0.15) is 18.4 Å². The van der Waals surface area contributed by atoms with Gasteiger partial charge in [0.25, 0.3) is 5.91 Å². The van der Waals surface area contributed by atoms with Gasteiger partial charge in [0.2, 0.25) is 0 Å². The van der Waals surface area contributed by atoms with Gasteiger partial charge >= 0.3 is 0 Å². The lowest BCUT2D eigenvalue weighted by Gasteiger charge is -2.26. The first kappa shape index (κ1) is 16.4. The van der Waals surface area contributed by atoms with Crippen molar-refractivity contribution in [3.63, 3.8) is 0 Å². The molecule has 1 aliphatic heterocycles. The van der Waals surface area contributed by atoms with Crippen LogP contribution in [-0.2, 0) is 7.05 Å². The number of hydrogen-bond donors (Lipinski definition) is 1. The van der Waals surface area contributed by atoms with Crippen LogP contribution in [-0.4, -0.2) is 34.9 Å². The highest BCUT2D eigenvalue weighted by Crippen LogP contribution is 2.31. The van der Waals surface area contributed by atoms with Crippen LogP contribution in [0.5, 0.6) is 11.5 Å². The second kappa shape index (κ2) is 6.95. The Labute approximate surface area is 141 Å². The minimum atomic E-state index is -0.117. The number of para-hydroxylation sites is 2. The lowest BCUT2D eigenvalue weighted by atomic mass is 10.1. The third-order valence-corrected chi connectivity index (χ3v) is 4.04. The molecule has 1 N–H and O–H groups in total. The Kier molecular flexibility index (Phi) is 4.74. The minimum Gasteiger partial charge on any atom is -0.486 e. The summed E-state index contributed by atoms with van der Waals surface area (Å²) in [5.41, 5.74) is 1.49. The molecule has 0 saturated carbocycles. The van der Waals surface area contributed by atoms with E-state index in [4.69, 9.17) is 9.47 Å². The molecule has 2 aromatic rings. The number of benzene rings is 1. The van der Waals surface area contributed by atoms with Crippen LogP contribution in [0, 0.1) is 0 Å². The van der Waals surface area contributed by atoms with E-state index in [1.54, 1.807) is 11.7 Å². The smallest absolute Gasteiger partial charge is 0.269 e. The fourth-order valence-electron chi connectivity index (χ4n) is 2.63. The monoisotopic (exact) mass is 329 g/mol. The third-order valence-electron chi connectivity index (χ3n) is 4.04. The quantitative estimate of drug-likeness (QED) is 0.915. The zero-order valence-electron chi connectivity index (χ0n) is 14.3. The van der Waals surface area contributed by atoms with E-state index in [1.165, 1.54) is 0 Å². The normalized spacial score (nSPS) is 16.2. The van der Waals surface area contributed by atoms with Gasteiger partial charge in [-0.2, -0.15) is 5.10 Å². The molecule has 6 heteroatoms. The van der Waals surface area contributed by atoms with Crippen molar-refractivity contribution in [1.29, 1.82) is 0 Å². The van der Waals surface area contributed by atoms with Crippen molar-refractivity contribution < 1.29 is 14.3 Å². The van der Waals surface area contributed by atoms with Crippen LogP contribution in [0.25, 0.3) is 0 Å². The second-order valence-electron chi connectivity index (χ2n) is 6.27. The van der Waals surface area contributed by atoms with Crippen LogP contribution in [0.3, 0.4) is 0 Å². The average molecular weight is 329 g/mol. The molecule has 24 heavy (non-hydrogen) atoms. The summed E-state index contributed by atoms with van der Waals surface area (Å²) in [6.45, 7) is 5.14. The molecule has 6 nitrogen and oxygen atoms in total. The van der Waals surface area contributed by atoms with Gasteiger partial charge in [-0.1, -0.05) is 26.0 Å². The molecule has 128 valence electrons. The predicted octanol–water partition coefficient (Wildman–Crippen LogP) is 2.50. The maximum absolute atomic E-state index is 12.3. The van der Waals surface area contributed by atoms with Crippen LogP contribution in [0.15, 0.2) is 30.3 Å². The van der Waals surface area contributed by atoms with Gasteiger partial charge in [-0.3, -0.25) is 9.48 Å². The number of hydrogen-bond acceptors (Lipinski definition) is 4. The van der Waals surface area contributed by atoms with Crippen LogP contribution in [0.1, 0.15) is 42.4 Å². The van der Waals surface area contributed by atoms with Crippen molar-refractivity contribution in [3.05, 3.63) is 41.7 Å². The summed E-state index contributed by atoms with van der Waals surface area (Å²) >= 11 is 0. The number of ether oxygens (including phenoxy) is 2. The number of carbonyl (C=O) groups excluding carboxylic acids is 1. The van der Waals surface area contributed by atoms with Crippen LogP contribution in [0.2, 0.25) is 0 Å². The van der Waals surface area contributed by atoms with Crippen molar-refractivity contribution >= 4 is 5.91 Å². The summed E-state index contributed by atoms with van der Waals surface area (Å²) in [5, 5.41) is 7.29. The fourth-order valence-corrected chi connectivity index (χ4v) is 2.63. The Morgan fingerprint density at radius 2 is 2.12 bits per heavy atom. The zero-order chi connectivity index (χ0) is 17.1. The Bertz CT molecular complexity index is 724. The summed E-state index contributed by atoms with van der Waals surface area (Å²) < 4.78 is 13.2. The molecule has 3 rings (SSSR count). The van der Waals surface area contributed by atoms with Gasteiger partial charge < -0.3 is 14.8 Å². The summed E-state index contributed by atoms with van der Waals surface area (Å²) in [5.74, 6) is 1.71. The van der Waals surface area contributed by atoms with Crippen molar-refractivity contribution in [2.24, 2.45) is 7.05 Å². The predicted molar refractivity (Wildman–Crippen MR) is 90.6 cm³/mol. The van der Waals surface area contributed by atoms with Gasteiger partial charge in [0.05, 0.1) is 5.69 Å². The highest BCUT2D eigenvalue weighted by molar-refractivity contribution is 5.92. The fraction of sp³-hybridized carbons (Fsp3) is 0.444. The van der Waals surface area contributed by atoms with E-state index in [0.717, 1.165) is 17.2 Å². The van der Waals surface area contributed by atoms with Gasteiger partial charge in [-0.05, 0) is 24.1 Å². The number of nitrogens with zero attached hydrogens (tertiary/aromatic N) is 2. The first-order valence-electron chi connectivity index (χ1n) is 8.25. The lowest BCUT2D eigenvalue weighted by Crippen LogP contribution is -2.34. The molecule has 0 unspecified atom stereocenters. The van der Waals surface area contributed by atoms with Crippen molar-refractivity contribution in [2.75, 3.05) is 13.2 Å². The van der Waals surface area contributed by atoms with E-state index in [2.05, 4.69) is 24.3 Å². The van der Waals surface area contributed by atoms with Crippen LogP contribution < -0.4 is 14.8 Å². The number of aromatic nitrogens is 2. The Balaban J connectivity index is 1.51. The van der Waals surface area contributed by atoms with E-state index in [0.29, 0.717) is 31.2 Å². The molecular weight excluding hydrogens is 306 g/mol. The molecule has 0 aliphatic carbocycles. The van der Waals surface area contributed by atoms with Gasteiger partial charge in [0, 0.05) is 20.0 Å². The molecule has 1 aliphatic rings. The summed E-state index contributed by atoms with van der Waals surface area (Å²) in [6, 6.07) is 9.46. The van der Waals surface area contributed by atoms with E-state index < -0.39 is 0 Å². The van der Waals surface area contributed by atoms with E-state index in [1.807, 2.05) is 30.3 Å². The van der Waals surface area contributed by atoms with Crippen molar-refractivity contribution in [3.8, 4) is 11.5 Å². The number of nitrogens with one attached hydrogen (secondary N) is 1. The molecule has 0 fully saturated rings. The maximum atomic E-state index is 12.3. The van der Waals surface area contributed by atoms with E-state index in [9.17, 15) is 4.79 Å².